The number of aliphatic hydroxyl groups is 2. The molecule has 0 spiro atoms. The van der Waals surface area contributed by atoms with Gasteiger partial charge in [-0.2, -0.15) is 0 Å². The molecule has 18 heavy (non-hydrogen) atoms. The molecule has 4 nitrogen and oxygen atoms in total. The quantitative estimate of drug-likeness (QED) is 0.817. The fourth-order valence-corrected chi connectivity index (χ4v) is 2.89. The van der Waals surface area contributed by atoms with Crippen LogP contribution in [0.3, 0.4) is 0 Å². The van der Waals surface area contributed by atoms with E-state index in [4.69, 9.17) is 0 Å². The highest BCUT2D eigenvalue weighted by atomic mass is 32.2. The first-order chi connectivity index (χ1) is 8.56. The minimum atomic E-state index is -1.66. The predicted octanol–water partition coefficient (Wildman–Crippen LogP) is 1.56. The van der Waals surface area contributed by atoms with Crippen molar-refractivity contribution in [2.45, 2.75) is 24.0 Å². The van der Waals surface area contributed by atoms with Crippen LogP contribution >= 0.6 is 11.8 Å². The summed E-state index contributed by atoms with van der Waals surface area (Å²) in [4.78, 5) is 12.0. The lowest BCUT2D eigenvalue weighted by Crippen LogP contribution is -2.17. The summed E-state index contributed by atoms with van der Waals surface area (Å²) < 4.78 is 18.8. The number of halogens is 1. The Morgan fingerprint density at radius 2 is 2.39 bits per heavy atom. The van der Waals surface area contributed by atoms with Crippen LogP contribution in [0.25, 0.3) is 0 Å². The molecular weight excluding hydrogens is 259 g/mol. The van der Waals surface area contributed by atoms with Gasteiger partial charge in [0.25, 0.3) is 0 Å². The molecule has 2 N–H and O–H groups in total. The van der Waals surface area contributed by atoms with E-state index in [9.17, 15) is 19.4 Å². The standard InChI is InChI=1S/C12H13FO4S/c1-2-17-12(16)11(15)6-3-4-8-9(10(6)13)7(14)5-18-8/h3-4,7,11,14-15H,2,5H2,1H3. The second-order valence-electron chi connectivity index (χ2n) is 3.86. The zero-order valence-corrected chi connectivity index (χ0v) is 10.5. The first-order valence-corrected chi connectivity index (χ1v) is 6.52. The molecule has 0 saturated heterocycles. The van der Waals surface area contributed by atoms with E-state index >= 15 is 0 Å². The molecule has 0 radical (unpaired) electrons. The van der Waals surface area contributed by atoms with E-state index in [0.29, 0.717) is 10.6 Å². The van der Waals surface area contributed by atoms with Crippen molar-refractivity contribution in [3.05, 3.63) is 29.1 Å². The van der Waals surface area contributed by atoms with Crippen LogP contribution in [0.1, 0.15) is 30.3 Å². The van der Waals surface area contributed by atoms with E-state index in [1.807, 2.05) is 0 Å². The number of hydrogen-bond acceptors (Lipinski definition) is 5. The molecule has 0 saturated carbocycles. The Labute approximate surface area is 108 Å². The molecular formula is C12H13FO4S. The molecule has 1 heterocycles. The molecule has 2 unspecified atom stereocenters. The lowest BCUT2D eigenvalue weighted by molar-refractivity contribution is -0.153. The van der Waals surface area contributed by atoms with Gasteiger partial charge in [-0.25, -0.2) is 9.18 Å². The Bertz CT molecular complexity index is 477. The number of rotatable bonds is 3. The average Bonchev–Trinajstić information content (AvgIpc) is 2.72. The van der Waals surface area contributed by atoms with Crippen LogP contribution in [-0.4, -0.2) is 28.5 Å². The molecule has 2 rings (SSSR count). The lowest BCUT2D eigenvalue weighted by atomic mass is 10.0. The first-order valence-electron chi connectivity index (χ1n) is 5.54. The van der Waals surface area contributed by atoms with Gasteiger partial charge in [-0.1, -0.05) is 6.07 Å². The zero-order chi connectivity index (χ0) is 13.3. The molecule has 1 aliphatic rings. The topological polar surface area (TPSA) is 66.8 Å². The van der Waals surface area contributed by atoms with Crippen LogP contribution in [0, 0.1) is 5.82 Å². The smallest absolute Gasteiger partial charge is 0.339 e. The monoisotopic (exact) mass is 272 g/mol. The normalized spacial score (nSPS) is 19.4. The van der Waals surface area contributed by atoms with E-state index in [2.05, 4.69) is 4.74 Å². The Balaban J connectivity index is 2.36. The number of aliphatic hydroxyl groups excluding tert-OH is 2. The summed E-state index contributed by atoms with van der Waals surface area (Å²) in [6.07, 6.45) is -2.56. The maximum atomic E-state index is 14.1. The SMILES string of the molecule is CCOC(=O)C(O)c1ccc2c(c1F)C(O)CS2. The number of carbonyl (C=O) groups excluding carboxylic acids is 1. The van der Waals surface area contributed by atoms with Gasteiger partial charge >= 0.3 is 5.97 Å². The van der Waals surface area contributed by atoms with Gasteiger partial charge in [0.1, 0.15) is 5.82 Å². The Morgan fingerprint density at radius 3 is 3.06 bits per heavy atom. The highest BCUT2D eigenvalue weighted by Crippen LogP contribution is 2.41. The maximum Gasteiger partial charge on any atom is 0.339 e. The largest absolute Gasteiger partial charge is 0.464 e. The Kier molecular flexibility index (Phi) is 3.89. The minimum Gasteiger partial charge on any atom is -0.464 e. The number of ether oxygens (including phenoxy) is 1. The van der Waals surface area contributed by atoms with E-state index < -0.39 is 24.0 Å². The summed E-state index contributed by atoms with van der Waals surface area (Å²) in [5, 5.41) is 19.4. The van der Waals surface area contributed by atoms with Gasteiger partial charge in [0.15, 0.2) is 6.10 Å². The molecule has 0 bridgehead atoms. The lowest BCUT2D eigenvalue weighted by Gasteiger charge is -2.13. The van der Waals surface area contributed by atoms with Gasteiger partial charge in [0.05, 0.1) is 12.7 Å². The van der Waals surface area contributed by atoms with Crippen LogP contribution in [0.4, 0.5) is 4.39 Å². The van der Waals surface area contributed by atoms with Crippen molar-refractivity contribution in [1.82, 2.24) is 0 Å². The second-order valence-corrected chi connectivity index (χ2v) is 4.92. The van der Waals surface area contributed by atoms with Gasteiger partial charge in [-0.05, 0) is 13.0 Å². The third-order valence-corrected chi connectivity index (χ3v) is 3.85. The highest BCUT2D eigenvalue weighted by molar-refractivity contribution is 7.99. The van der Waals surface area contributed by atoms with Gasteiger partial charge in [0.2, 0.25) is 0 Å². The van der Waals surface area contributed by atoms with Crippen LogP contribution in [0.2, 0.25) is 0 Å². The van der Waals surface area contributed by atoms with Crippen LogP contribution in [-0.2, 0) is 9.53 Å². The average molecular weight is 272 g/mol. The van der Waals surface area contributed by atoms with Crippen molar-refractivity contribution in [2.75, 3.05) is 12.4 Å². The maximum absolute atomic E-state index is 14.1. The molecule has 98 valence electrons. The van der Waals surface area contributed by atoms with Crippen molar-refractivity contribution in [3.8, 4) is 0 Å². The van der Waals surface area contributed by atoms with Crippen molar-refractivity contribution in [1.29, 1.82) is 0 Å². The van der Waals surface area contributed by atoms with Gasteiger partial charge in [-0.15, -0.1) is 11.8 Å². The Hall–Kier alpha value is -1.11. The van der Waals surface area contributed by atoms with Gasteiger partial charge in [-0.3, -0.25) is 0 Å². The van der Waals surface area contributed by atoms with Gasteiger partial charge in [0, 0.05) is 21.8 Å². The summed E-state index contributed by atoms with van der Waals surface area (Å²) >= 11 is 1.34. The Morgan fingerprint density at radius 1 is 1.67 bits per heavy atom. The van der Waals surface area contributed by atoms with Crippen molar-refractivity contribution in [3.63, 3.8) is 0 Å². The molecule has 0 aromatic heterocycles. The molecule has 0 amide bonds. The first kappa shape index (κ1) is 13.3. The van der Waals surface area contributed by atoms with Crippen molar-refractivity contribution < 1.29 is 24.1 Å². The van der Waals surface area contributed by atoms with E-state index in [1.165, 1.54) is 17.8 Å². The summed E-state index contributed by atoms with van der Waals surface area (Å²) in [5.41, 5.74) is -0.00500. The molecule has 1 aromatic rings. The molecule has 0 aliphatic carbocycles. The van der Waals surface area contributed by atoms with Crippen molar-refractivity contribution >= 4 is 17.7 Å². The summed E-state index contributed by atoms with van der Waals surface area (Å²) in [6, 6.07) is 2.94. The highest BCUT2D eigenvalue weighted by Gasteiger charge is 2.30. The number of thioether (sulfide) groups is 1. The summed E-state index contributed by atoms with van der Waals surface area (Å²) in [6.45, 7) is 1.71. The number of carbonyl (C=O) groups is 1. The fourth-order valence-electron chi connectivity index (χ4n) is 1.84. The number of esters is 1. The number of fused-ring (bicyclic) bond motifs is 1. The molecule has 1 aliphatic heterocycles. The van der Waals surface area contributed by atoms with Crippen LogP contribution in [0.15, 0.2) is 17.0 Å². The number of benzene rings is 1. The van der Waals surface area contributed by atoms with E-state index in [-0.39, 0.29) is 17.7 Å². The summed E-state index contributed by atoms with van der Waals surface area (Å²) in [7, 11) is 0. The minimum absolute atomic E-state index is 0.112. The zero-order valence-electron chi connectivity index (χ0n) is 9.72. The predicted molar refractivity (Wildman–Crippen MR) is 63.7 cm³/mol. The summed E-state index contributed by atoms with van der Waals surface area (Å²) in [5.74, 6) is -1.24. The molecule has 1 aromatic carbocycles. The molecule has 2 atom stereocenters. The van der Waals surface area contributed by atoms with E-state index in [0.717, 1.165) is 0 Å². The fraction of sp³-hybridized carbons (Fsp3) is 0.417. The van der Waals surface area contributed by atoms with Crippen molar-refractivity contribution in [2.24, 2.45) is 0 Å². The molecule has 0 fully saturated rings. The third-order valence-electron chi connectivity index (χ3n) is 2.70. The van der Waals surface area contributed by atoms with Crippen LogP contribution < -0.4 is 0 Å². The third kappa shape index (κ3) is 2.23. The van der Waals surface area contributed by atoms with Gasteiger partial charge < -0.3 is 14.9 Å². The van der Waals surface area contributed by atoms with E-state index in [1.54, 1.807) is 13.0 Å². The second kappa shape index (κ2) is 5.26. The number of hydrogen-bond donors (Lipinski definition) is 2. The van der Waals surface area contributed by atoms with Crippen LogP contribution in [0.5, 0.6) is 0 Å². The molecule has 6 heteroatoms.